The average molecular weight is 270 g/mol. The van der Waals surface area contributed by atoms with Crippen molar-refractivity contribution in [1.29, 1.82) is 0 Å². The summed E-state index contributed by atoms with van der Waals surface area (Å²) in [6.45, 7) is 4.26. The standard InChI is InChI=1S/C12H12ClNS2/c1-8-3-4-9(2)11(5-8)15-7-10-6-14-12(13)16-10/h3-6H,7H2,1-2H3. The maximum absolute atomic E-state index is 5.80. The first kappa shape index (κ1) is 12.0. The number of thioether (sulfide) groups is 1. The van der Waals surface area contributed by atoms with Gasteiger partial charge in [-0.05, 0) is 25.5 Å². The van der Waals surface area contributed by atoms with Gasteiger partial charge in [0.15, 0.2) is 4.47 Å². The van der Waals surface area contributed by atoms with E-state index in [9.17, 15) is 0 Å². The van der Waals surface area contributed by atoms with Gasteiger partial charge < -0.3 is 0 Å². The molecule has 1 aromatic heterocycles. The number of rotatable bonds is 3. The Morgan fingerprint density at radius 2 is 2.19 bits per heavy atom. The lowest BCUT2D eigenvalue weighted by Crippen LogP contribution is -1.82. The minimum Gasteiger partial charge on any atom is -0.233 e. The van der Waals surface area contributed by atoms with Gasteiger partial charge in [-0.3, -0.25) is 0 Å². The number of thiazole rings is 1. The molecule has 1 aromatic carbocycles. The molecular weight excluding hydrogens is 258 g/mol. The summed E-state index contributed by atoms with van der Waals surface area (Å²) in [6, 6.07) is 6.53. The normalized spacial score (nSPS) is 10.7. The van der Waals surface area contributed by atoms with E-state index in [0.717, 1.165) is 5.75 Å². The van der Waals surface area contributed by atoms with Crippen molar-refractivity contribution in [3.8, 4) is 0 Å². The van der Waals surface area contributed by atoms with Crippen LogP contribution in [0.15, 0.2) is 29.3 Å². The Balaban J connectivity index is 2.07. The molecule has 84 valence electrons. The summed E-state index contributed by atoms with van der Waals surface area (Å²) in [5.41, 5.74) is 2.63. The average Bonchev–Trinajstić information content (AvgIpc) is 2.66. The summed E-state index contributed by atoms with van der Waals surface area (Å²) in [5, 5.41) is 0. The van der Waals surface area contributed by atoms with Crippen molar-refractivity contribution < 1.29 is 0 Å². The van der Waals surface area contributed by atoms with E-state index in [1.807, 2.05) is 18.0 Å². The summed E-state index contributed by atoms with van der Waals surface area (Å²) in [4.78, 5) is 6.60. The van der Waals surface area contributed by atoms with E-state index in [0.29, 0.717) is 4.47 Å². The van der Waals surface area contributed by atoms with Gasteiger partial charge in [0, 0.05) is 21.7 Å². The van der Waals surface area contributed by atoms with E-state index in [-0.39, 0.29) is 0 Å². The van der Waals surface area contributed by atoms with Gasteiger partial charge in [-0.2, -0.15) is 0 Å². The summed E-state index contributed by atoms with van der Waals surface area (Å²) >= 11 is 9.19. The number of aryl methyl sites for hydroxylation is 2. The minimum absolute atomic E-state index is 0.622. The first-order valence-corrected chi connectivity index (χ1v) is 7.13. The fourth-order valence-electron chi connectivity index (χ4n) is 1.36. The molecule has 0 N–H and O–H groups in total. The highest BCUT2D eigenvalue weighted by Gasteiger charge is 2.03. The summed E-state index contributed by atoms with van der Waals surface area (Å²) < 4.78 is 0.622. The largest absolute Gasteiger partial charge is 0.233 e. The predicted molar refractivity (Wildman–Crippen MR) is 72.6 cm³/mol. The van der Waals surface area contributed by atoms with Crippen LogP contribution in [0.5, 0.6) is 0 Å². The van der Waals surface area contributed by atoms with Crippen LogP contribution in [0.2, 0.25) is 4.47 Å². The Morgan fingerprint density at radius 1 is 1.38 bits per heavy atom. The van der Waals surface area contributed by atoms with Crippen LogP contribution < -0.4 is 0 Å². The third kappa shape index (κ3) is 3.00. The van der Waals surface area contributed by atoms with Gasteiger partial charge >= 0.3 is 0 Å². The van der Waals surface area contributed by atoms with Crippen LogP contribution in [0.25, 0.3) is 0 Å². The van der Waals surface area contributed by atoms with Gasteiger partial charge in [-0.25, -0.2) is 4.98 Å². The van der Waals surface area contributed by atoms with Crippen LogP contribution >= 0.6 is 34.7 Å². The zero-order chi connectivity index (χ0) is 11.5. The van der Waals surface area contributed by atoms with E-state index in [1.54, 1.807) is 11.3 Å². The quantitative estimate of drug-likeness (QED) is 0.749. The van der Waals surface area contributed by atoms with Crippen molar-refractivity contribution in [3.05, 3.63) is 44.9 Å². The highest BCUT2D eigenvalue weighted by molar-refractivity contribution is 7.98. The number of benzene rings is 1. The fraction of sp³-hybridized carbons (Fsp3) is 0.250. The maximum Gasteiger partial charge on any atom is 0.183 e. The van der Waals surface area contributed by atoms with E-state index in [1.165, 1.54) is 20.9 Å². The third-order valence-electron chi connectivity index (χ3n) is 2.24. The van der Waals surface area contributed by atoms with Gasteiger partial charge in [-0.1, -0.05) is 29.3 Å². The number of halogens is 1. The minimum atomic E-state index is 0.622. The highest BCUT2D eigenvalue weighted by Crippen LogP contribution is 2.29. The van der Waals surface area contributed by atoms with Crippen LogP contribution in [-0.4, -0.2) is 4.98 Å². The van der Waals surface area contributed by atoms with E-state index >= 15 is 0 Å². The maximum atomic E-state index is 5.80. The van der Waals surface area contributed by atoms with Crippen LogP contribution in [0.3, 0.4) is 0 Å². The van der Waals surface area contributed by atoms with Gasteiger partial charge in [0.05, 0.1) is 0 Å². The molecule has 0 aliphatic heterocycles. The molecule has 0 amide bonds. The SMILES string of the molecule is Cc1ccc(C)c(SCc2cnc(Cl)s2)c1. The number of aromatic nitrogens is 1. The molecule has 1 heterocycles. The zero-order valence-electron chi connectivity index (χ0n) is 9.16. The molecule has 0 bridgehead atoms. The molecule has 0 radical (unpaired) electrons. The molecule has 2 rings (SSSR count). The number of hydrogen-bond acceptors (Lipinski definition) is 3. The molecular formula is C12H12ClNS2. The van der Waals surface area contributed by atoms with Gasteiger partial charge in [0.1, 0.15) is 0 Å². The lowest BCUT2D eigenvalue weighted by molar-refractivity contribution is 1.25. The van der Waals surface area contributed by atoms with Crippen LogP contribution in [0.1, 0.15) is 16.0 Å². The monoisotopic (exact) mass is 269 g/mol. The van der Waals surface area contributed by atoms with Crippen LogP contribution in [0, 0.1) is 13.8 Å². The lowest BCUT2D eigenvalue weighted by atomic mass is 10.2. The van der Waals surface area contributed by atoms with E-state index in [4.69, 9.17) is 11.6 Å². The first-order valence-electron chi connectivity index (χ1n) is 4.95. The van der Waals surface area contributed by atoms with Crippen molar-refractivity contribution in [2.75, 3.05) is 0 Å². The van der Waals surface area contributed by atoms with E-state index in [2.05, 4.69) is 37.0 Å². The number of hydrogen-bond donors (Lipinski definition) is 0. The number of nitrogens with zero attached hydrogens (tertiary/aromatic N) is 1. The topological polar surface area (TPSA) is 12.9 Å². The molecule has 1 nitrogen and oxygen atoms in total. The fourth-order valence-corrected chi connectivity index (χ4v) is 3.49. The Labute approximate surface area is 109 Å². The molecule has 0 unspecified atom stereocenters. The molecule has 4 heteroatoms. The van der Waals surface area contributed by atoms with Crippen molar-refractivity contribution >= 4 is 34.7 Å². The van der Waals surface area contributed by atoms with Crippen molar-refractivity contribution in [2.24, 2.45) is 0 Å². The molecule has 0 atom stereocenters. The predicted octanol–water partition coefficient (Wildman–Crippen LogP) is 4.71. The van der Waals surface area contributed by atoms with Gasteiger partial charge in [0.2, 0.25) is 0 Å². The summed E-state index contributed by atoms with van der Waals surface area (Å²) in [6.07, 6.45) is 1.85. The highest BCUT2D eigenvalue weighted by atomic mass is 35.5. The molecule has 0 spiro atoms. The Kier molecular flexibility index (Phi) is 3.90. The van der Waals surface area contributed by atoms with E-state index < -0.39 is 0 Å². The zero-order valence-corrected chi connectivity index (χ0v) is 11.5. The van der Waals surface area contributed by atoms with Crippen LogP contribution in [-0.2, 0) is 5.75 Å². The first-order chi connectivity index (χ1) is 7.65. The molecule has 0 saturated heterocycles. The summed E-state index contributed by atoms with van der Waals surface area (Å²) in [5.74, 6) is 0.939. The molecule has 2 aromatic rings. The third-order valence-corrected chi connectivity index (χ3v) is 4.74. The Hall–Kier alpha value is -0.510. The second kappa shape index (κ2) is 5.21. The molecule has 0 saturated carbocycles. The van der Waals surface area contributed by atoms with Crippen molar-refractivity contribution in [3.63, 3.8) is 0 Å². The Morgan fingerprint density at radius 3 is 2.88 bits per heavy atom. The second-order valence-electron chi connectivity index (χ2n) is 3.64. The lowest BCUT2D eigenvalue weighted by Gasteiger charge is -2.05. The van der Waals surface area contributed by atoms with Crippen molar-refractivity contribution in [1.82, 2.24) is 4.98 Å². The van der Waals surface area contributed by atoms with Crippen molar-refractivity contribution in [2.45, 2.75) is 24.5 Å². The molecule has 16 heavy (non-hydrogen) atoms. The smallest absolute Gasteiger partial charge is 0.183 e. The Bertz CT molecular complexity index is 494. The summed E-state index contributed by atoms with van der Waals surface area (Å²) in [7, 11) is 0. The molecule has 0 aliphatic rings. The van der Waals surface area contributed by atoms with Crippen LogP contribution in [0.4, 0.5) is 0 Å². The van der Waals surface area contributed by atoms with Gasteiger partial charge in [-0.15, -0.1) is 23.1 Å². The molecule has 0 fully saturated rings. The second-order valence-corrected chi connectivity index (χ2v) is 6.35. The van der Waals surface area contributed by atoms with Gasteiger partial charge in [0.25, 0.3) is 0 Å². The molecule has 0 aliphatic carbocycles.